The average Bonchev–Trinajstić information content (AvgIpc) is 2.94. The van der Waals surface area contributed by atoms with Gasteiger partial charge in [0, 0.05) is 10.8 Å². The van der Waals surface area contributed by atoms with Crippen molar-refractivity contribution in [1.82, 2.24) is 4.98 Å². The van der Waals surface area contributed by atoms with Crippen LogP contribution < -0.4 is 11.1 Å². The molecule has 3 N–H and O–H groups in total. The number of amides is 2. The Morgan fingerprint density at radius 3 is 2.95 bits per heavy atom. The number of hydrogen-bond donors (Lipinski definition) is 2. The summed E-state index contributed by atoms with van der Waals surface area (Å²) < 4.78 is 0. The number of thiazole rings is 1. The van der Waals surface area contributed by atoms with Crippen molar-refractivity contribution in [2.24, 2.45) is 11.7 Å². The second-order valence-electron chi connectivity index (χ2n) is 5.06. The van der Waals surface area contributed by atoms with Crippen LogP contribution in [0.3, 0.4) is 0 Å². The van der Waals surface area contributed by atoms with Gasteiger partial charge in [-0.1, -0.05) is 12.1 Å². The molecule has 0 saturated heterocycles. The maximum absolute atomic E-state index is 12.4. The molecular weight excluding hydrogens is 286 g/mol. The van der Waals surface area contributed by atoms with Crippen molar-refractivity contribution < 1.29 is 9.59 Å². The van der Waals surface area contributed by atoms with Gasteiger partial charge in [0.15, 0.2) is 0 Å². The average molecular weight is 301 g/mol. The van der Waals surface area contributed by atoms with E-state index >= 15 is 0 Å². The minimum Gasteiger partial charge on any atom is -0.366 e. The molecule has 1 unspecified atom stereocenters. The van der Waals surface area contributed by atoms with Gasteiger partial charge in [0.1, 0.15) is 0 Å². The van der Waals surface area contributed by atoms with E-state index in [0.29, 0.717) is 17.7 Å². The van der Waals surface area contributed by atoms with Crippen molar-refractivity contribution >= 4 is 28.8 Å². The van der Waals surface area contributed by atoms with Crippen LogP contribution in [0.25, 0.3) is 0 Å². The van der Waals surface area contributed by atoms with Gasteiger partial charge in [-0.15, -0.1) is 11.3 Å². The Hall–Kier alpha value is -2.21. The fourth-order valence-electron chi connectivity index (χ4n) is 2.57. The molecule has 0 bridgehead atoms. The van der Waals surface area contributed by atoms with Crippen molar-refractivity contribution in [3.05, 3.63) is 45.9 Å². The SMILES string of the molecule is NC(=O)c1ccccc1NC(=O)C1CCc2ncsc2C1. The zero-order valence-corrected chi connectivity index (χ0v) is 12.2. The summed E-state index contributed by atoms with van der Waals surface area (Å²) >= 11 is 1.60. The number of carbonyl (C=O) groups excluding carboxylic acids is 2. The first-order valence-corrected chi connectivity index (χ1v) is 7.64. The fraction of sp³-hybridized carbons (Fsp3) is 0.267. The molecule has 6 heteroatoms. The van der Waals surface area contributed by atoms with Gasteiger partial charge >= 0.3 is 0 Å². The van der Waals surface area contributed by atoms with Crippen LogP contribution in [0.5, 0.6) is 0 Å². The molecule has 0 spiro atoms. The summed E-state index contributed by atoms with van der Waals surface area (Å²) in [7, 11) is 0. The third-order valence-electron chi connectivity index (χ3n) is 3.71. The highest BCUT2D eigenvalue weighted by atomic mass is 32.1. The zero-order chi connectivity index (χ0) is 14.8. The Morgan fingerprint density at radius 2 is 2.14 bits per heavy atom. The van der Waals surface area contributed by atoms with Gasteiger partial charge in [-0.2, -0.15) is 0 Å². The molecule has 0 radical (unpaired) electrons. The van der Waals surface area contributed by atoms with Crippen LogP contribution in [-0.2, 0) is 17.6 Å². The number of carbonyl (C=O) groups is 2. The van der Waals surface area contributed by atoms with Crippen molar-refractivity contribution in [2.45, 2.75) is 19.3 Å². The molecule has 108 valence electrons. The molecule has 0 aliphatic heterocycles. The van der Waals surface area contributed by atoms with E-state index in [-0.39, 0.29) is 11.8 Å². The quantitative estimate of drug-likeness (QED) is 0.909. The van der Waals surface area contributed by atoms with E-state index in [9.17, 15) is 9.59 Å². The molecule has 5 nitrogen and oxygen atoms in total. The summed E-state index contributed by atoms with van der Waals surface area (Å²) in [6.07, 6.45) is 2.32. The first kappa shape index (κ1) is 13.8. The molecule has 1 aliphatic carbocycles. The number of nitrogens with one attached hydrogen (secondary N) is 1. The predicted molar refractivity (Wildman–Crippen MR) is 81.2 cm³/mol. The lowest BCUT2D eigenvalue weighted by molar-refractivity contribution is -0.120. The first-order valence-electron chi connectivity index (χ1n) is 6.76. The Balaban J connectivity index is 1.75. The van der Waals surface area contributed by atoms with E-state index in [1.807, 2.05) is 5.51 Å². The fourth-order valence-corrected chi connectivity index (χ4v) is 3.46. The Labute approximate surface area is 126 Å². The lowest BCUT2D eigenvalue weighted by Crippen LogP contribution is -2.28. The number of primary amides is 1. The normalized spacial score (nSPS) is 17.0. The van der Waals surface area contributed by atoms with Gasteiger partial charge in [-0.25, -0.2) is 4.98 Å². The molecule has 0 saturated carbocycles. The largest absolute Gasteiger partial charge is 0.366 e. The summed E-state index contributed by atoms with van der Waals surface area (Å²) in [4.78, 5) is 29.3. The monoisotopic (exact) mass is 301 g/mol. The van der Waals surface area contributed by atoms with Crippen molar-refractivity contribution in [3.8, 4) is 0 Å². The number of para-hydroxylation sites is 1. The highest BCUT2D eigenvalue weighted by Crippen LogP contribution is 2.28. The van der Waals surface area contributed by atoms with Crippen LogP contribution in [0.1, 0.15) is 27.3 Å². The Bertz CT molecular complexity index is 696. The summed E-state index contributed by atoms with van der Waals surface area (Å²) in [6.45, 7) is 0. The third kappa shape index (κ3) is 2.80. The van der Waals surface area contributed by atoms with Gasteiger partial charge in [-0.05, 0) is 31.4 Å². The maximum atomic E-state index is 12.4. The number of fused-ring (bicyclic) bond motifs is 1. The van der Waals surface area contributed by atoms with Crippen molar-refractivity contribution in [1.29, 1.82) is 0 Å². The Kier molecular flexibility index (Phi) is 3.70. The number of hydrogen-bond acceptors (Lipinski definition) is 4. The number of rotatable bonds is 3. The Morgan fingerprint density at radius 1 is 1.33 bits per heavy atom. The van der Waals surface area contributed by atoms with Crippen LogP contribution in [-0.4, -0.2) is 16.8 Å². The van der Waals surface area contributed by atoms with Crippen molar-refractivity contribution in [2.75, 3.05) is 5.32 Å². The van der Waals surface area contributed by atoms with E-state index < -0.39 is 5.91 Å². The second-order valence-corrected chi connectivity index (χ2v) is 6.00. The summed E-state index contributed by atoms with van der Waals surface area (Å²) in [6, 6.07) is 6.79. The number of aromatic nitrogens is 1. The minimum absolute atomic E-state index is 0.0669. The van der Waals surface area contributed by atoms with Gasteiger partial charge in [0.05, 0.1) is 22.5 Å². The molecule has 1 aromatic heterocycles. The molecule has 2 amide bonds. The van der Waals surface area contributed by atoms with E-state index in [2.05, 4.69) is 10.3 Å². The molecule has 2 aromatic rings. The van der Waals surface area contributed by atoms with Crippen LogP contribution in [0.15, 0.2) is 29.8 Å². The summed E-state index contributed by atoms with van der Waals surface area (Å²) in [5.41, 5.74) is 9.07. The number of nitrogens with zero attached hydrogens (tertiary/aromatic N) is 1. The minimum atomic E-state index is -0.542. The predicted octanol–water partition coefficient (Wildman–Crippen LogP) is 1.99. The first-order chi connectivity index (χ1) is 10.1. The number of anilines is 1. The number of benzene rings is 1. The molecule has 1 aromatic carbocycles. The van der Waals surface area contributed by atoms with Gasteiger partial charge < -0.3 is 11.1 Å². The molecule has 1 aliphatic rings. The highest BCUT2D eigenvalue weighted by Gasteiger charge is 2.26. The molecular formula is C15H15N3O2S. The maximum Gasteiger partial charge on any atom is 0.250 e. The molecule has 0 fully saturated rings. The molecule has 3 rings (SSSR count). The number of nitrogens with two attached hydrogens (primary N) is 1. The lowest BCUT2D eigenvalue weighted by Gasteiger charge is -2.21. The lowest BCUT2D eigenvalue weighted by atomic mass is 9.90. The number of aryl methyl sites for hydroxylation is 1. The van der Waals surface area contributed by atoms with E-state index in [1.54, 1.807) is 35.6 Å². The van der Waals surface area contributed by atoms with E-state index in [4.69, 9.17) is 5.73 Å². The smallest absolute Gasteiger partial charge is 0.250 e. The van der Waals surface area contributed by atoms with Crippen molar-refractivity contribution in [3.63, 3.8) is 0 Å². The topological polar surface area (TPSA) is 85.1 Å². The van der Waals surface area contributed by atoms with Crippen LogP contribution in [0.4, 0.5) is 5.69 Å². The van der Waals surface area contributed by atoms with Crippen LogP contribution >= 0.6 is 11.3 Å². The standard InChI is InChI=1S/C15H15N3O2S/c16-14(19)10-3-1-2-4-11(10)18-15(20)9-5-6-12-13(7-9)21-8-17-12/h1-4,8-9H,5-7H2,(H2,16,19)(H,18,20). The van der Waals surface area contributed by atoms with Gasteiger partial charge in [0.2, 0.25) is 5.91 Å². The van der Waals surface area contributed by atoms with E-state index in [0.717, 1.165) is 18.5 Å². The van der Waals surface area contributed by atoms with E-state index in [1.165, 1.54) is 4.88 Å². The second kappa shape index (κ2) is 5.65. The molecule has 1 heterocycles. The van der Waals surface area contributed by atoms with Crippen LogP contribution in [0.2, 0.25) is 0 Å². The summed E-state index contributed by atoms with van der Waals surface area (Å²) in [5, 5.41) is 2.83. The highest BCUT2D eigenvalue weighted by molar-refractivity contribution is 7.09. The zero-order valence-electron chi connectivity index (χ0n) is 11.3. The van der Waals surface area contributed by atoms with Gasteiger partial charge in [0.25, 0.3) is 5.91 Å². The molecule has 21 heavy (non-hydrogen) atoms. The van der Waals surface area contributed by atoms with Gasteiger partial charge in [-0.3, -0.25) is 9.59 Å². The molecule has 1 atom stereocenters. The van der Waals surface area contributed by atoms with Crippen LogP contribution in [0, 0.1) is 5.92 Å². The summed E-state index contributed by atoms with van der Waals surface area (Å²) in [5.74, 6) is -0.694. The third-order valence-corrected chi connectivity index (χ3v) is 4.61.